The van der Waals surface area contributed by atoms with Crippen LogP contribution in [0.1, 0.15) is 10.4 Å². The summed E-state index contributed by atoms with van der Waals surface area (Å²) in [6, 6.07) is 5.42. The monoisotopic (exact) mass is 223 g/mol. The second-order valence-corrected chi connectivity index (χ2v) is 3.46. The van der Waals surface area contributed by atoms with E-state index in [-0.39, 0.29) is 10.2 Å². The molecule has 0 aliphatic heterocycles. The molecule has 2 N–H and O–H groups in total. The molecule has 0 saturated carbocycles. The molecule has 0 unspecified atom stereocenters. The molecule has 0 amide bonds. The SMILES string of the molecule is O=C(O)c1cc2cc(F)ccc2[nH]c1=S. The Kier molecular flexibility index (Phi) is 2.24. The van der Waals surface area contributed by atoms with Crippen LogP contribution in [0.15, 0.2) is 24.3 Å². The lowest BCUT2D eigenvalue weighted by Gasteiger charge is -2.00. The number of aromatic amines is 1. The van der Waals surface area contributed by atoms with Crippen LogP contribution in [0.4, 0.5) is 4.39 Å². The van der Waals surface area contributed by atoms with E-state index in [2.05, 4.69) is 4.98 Å². The number of hydrogen-bond donors (Lipinski definition) is 2. The Labute approximate surface area is 89.2 Å². The van der Waals surface area contributed by atoms with Gasteiger partial charge in [0.25, 0.3) is 0 Å². The van der Waals surface area contributed by atoms with E-state index in [1.165, 1.54) is 24.3 Å². The van der Waals surface area contributed by atoms with Crippen LogP contribution in [0.2, 0.25) is 0 Å². The van der Waals surface area contributed by atoms with E-state index in [0.717, 1.165) is 0 Å². The van der Waals surface area contributed by atoms with Gasteiger partial charge in [0.2, 0.25) is 0 Å². The predicted octanol–water partition coefficient (Wildman–Crippen LogP) is 2.73. The molecule has 0 aliphatic carbocycles. The molecule has 2 aromatic rings. The fourth-order valence-corrected chi connectivity index (χ4v) is 1.59. The number of pyridine rings is 1. The van der Waals surface area contributed by atoms with Gasteiger partial charge in [0.1, 0.15) is 10.5 Å². The van der Waals surface area contributed by atoms with Crippen LogP contribution >= 0.6 is 12.2 Å². The number of hydrogen-bond acceptors (Lipinski definition) is 2. The van der Waals surface area contributed by atoms with Crippen molar-refractivity contribution in [1.82, 2.24) is 4.98 Å². The third-order valence-electron chi connectivity index (χ3n) is 2.04. The van der Waals surface area contributed by atoms with Crippen molar-refractivity contribution in [2.45, 2.75) is 0 Å². The summed E-state index contributed by atoms with van der Waals surface area (Å²) >= 11 is 4.86. The first-order chi connectivity index (χ1) is 7.08. The molecule has 0 radical (unpaired) electrons. The van der Waals surface area contributed by atoms with Crippen LogP contribution in [-0.2, 0) is 0 Å². The second-order valence-electron chi connectivity index (χ2n) is 3.05. The van der Waals surface area contributed by atoms with Gasteiger partial charge >= 0.3 is 5.97 Å². The van der Waals surface area contributed by atoms with Crippen molar-refractivity contribution in [3.8, 4) is 0 Å². The van der Waals surface area contributed by atoms with Crippen LogP contribution in [0.25, 0.3) is 10.9 Å². The van der Waals surface area contributed by atoms with E-state index in [9.17, 15) is 9.18 Å². The van der Waals surface area contributed by atoms with Gasteiger partial charge < -0.3 is 10.1 Å². The van der Waals surface area contributed by atoms with E-state index < -0.39 is 11.8 Å². The highest BCUT2D eigenvalue weighted by atomic mass is 32.1. The zero-order valence-electron chi connectivity index (χ0n) is 7.45. The smallest absolute Gasteiger partial charge is 0.338 e. The van der Waals surface area contributed by atoms with E-state index in [1.807, 2.05) is 0 Å². The zero-order valence-corrected chi connectivity index (χ0v) is 8.27. The van der Waals surface area contributed by atoms with Gasteiger partial charge in [-0.2, -0.15) is 0 Å². The summed E-state index contributed by atoms with van der Waals surface area (Å²) in [5.74, 6) is -1.54. The summed E-state index contributed by atoms with van der Waals surface area (Å²) < 4.78 is 13.0. The molecule has 0 atom stereocenters. The van der Waals surface area contributed by atoms with Crippen LogP contribution in [0.3, 0.4) is 0 Å². The Bertz CT molecular complexity index is 606. The standard InChI is InChI=1S/C10H6FNO2S/c11-6-1-2-8-5(3-6)4-7(10(13)14)9(15)12-8/h1-4H,(H,12,15)(H,13,14). The minimum Gasteiger partial charge on any atom is -0.478 e. The minimum atomic E-state index is -1.12. The lowest BCUT2D eigenvalue weighted by molar-refractivity contribution is 0.0696. The van der Waals surface area contributed by atoms with Crippen LogP contribution < -0.4 is 0 Å². The number of halogens is 1. The summed E-state index contributed by atoms with van der Waals surface area (Å²) in [5, 5.41) is 9.30. The molecular formula is C10H6FNO2S. The number of H-pyrrole nitrogens is 1. The van der Waals surface area contributed by atoms with E-state index in [4.69, 9.17) is 17.3 Å². The number of benzene rings is 1. The first-order valence-corrected chi connectivity index (χ1v) is 4.54. The molecule has 3 nitrogen and oxygen atoms in total. The average molecular weight is 223 g/mol. The molecule has 0 fully saturated rings. The summed E-state index contributed by atoms with van der Waals surface area (Å²) in [6.45, 7) is 0. The molecular weight excluding hydrogens is 217 g/mol. The quantitative estimate of drug-likeness (QED) is 0.731. The van der Waals surface area contributed by atoms with Gasteiger partial charge in [0.05, 0.1) is 5.56 Å². The second kappa shape index (κ2) is 3.43. The Morgan fingerprint density at radius 3 is 2.80 bits per heavy atom. The van der Waals surface area contributed by atoms with Crippen LogP contribution in [-0.4, -0.2) is 16.1 Å². The van der Waals surface area contributed by atoms with E-state index >= 15 is 0 Å². The Hall–Kier alpha value is -1.75. The number of rotatable bonds is 1. The lowest BCUT2D eigenvalue weighted by atomic mass is 10.1. The van der Waals surface area contributed by atoms with Gasteiger partial charge in [-0.25, -0.2) is 9.18 Å². The fraction of sp³-hybridized carbons (Fsp3) is 0. The van der Waals surface area contributed by atoms with Crippen LogP contribution in [0.5, 0.6) is 0 Å². The molecule has 2 rings (SSSR count). The Morgan fingerprint density at radius 2 is 2.13 bits per heavy atom. The number of fused-ring (bicyclic) bond motifs is 1. The van der Waals surface area contributed by atoms with Crippen LogP contribution in [0, 0.1) is 10.5 Å². The van der Waals surface area contributed by atoms with Gasteiger partial charge in [-0.1, -0.05) is 12.2 Å². The molecule has 0 spiro atoms. The normalized spacial score (nSPS) is 10.5. The van der Waals surface area contributed by atoms with Gasteiger partial charge in [-0.05, 0) is 24.3 Å². The van der Waals surface area contributed by atoms with Crippen molar-refractivity contribution >= 4 is 29.1 Å². The maximum atomic E-state index is 12.9. The van der Waals surface area contributed by atoms with Crippen molar-refractivity contribution in [3.63, 3.8) is 0 Å². The number of carboxylic acid groups (broad SMARTS) is 1. The highest BCUT2D eigenvalue weighted by Crippen LogP contribution is 2.16. The minimum absolute atomic E-state index is 0.0249. The summed E-state index contributed by atoms with van der Waals surface area (Å²) in [4.78, 5) is 13.5. The van der Waals surface area contributed by atoms with Gasteiger partial charge in [0, 0.05) is 10.9 Å². The number of carbonyl (C=O) groups is 1. The lowest BCUT2D eigenvalue weighted by Crippen LogP contribution is -1.99. The van der Waals surface area contributed by atoms with Crippen molar-refractivity contribution in [3.05, 3.63) is 40.3 Å². The number of aromatic nitrogens is 1. The van der Waals surface area contributed by atoms with Gasteiger partial charge in [-0.15, -0.1) is 0 Å². The third kappa shape index (κ3) is 1.73. The largest absolute Gasteiger partial charge is 0.478 e. The molecule has 1 aromatic heterocycles. The molecule has 1 aromatic carbocycles. The van der Waals surface area contributed by atoms with Crippen molar-refractivity contribution < 1.29 is 14.3 Å². The topological polar surface area (TPSA) is 53.1 Å². The fourth-order valence-electron chi connectivity index (χ4n) is 1.34. The first-order valence-electron chi connectivity index (χ1n) is 4.14. The summed E-state index contributed by atoms with van der Waals surface area (Å²) in [6.07, 6.45) is 0. The van der Waals surface area contributed by atoms with Crippen molar-refractivity contribution in [2.24, 2.45) is 0 Å². The van der Waals surface area contributed by atoms with Gasteiger partial charge in [0.15, 0.2) is 0 Å². The molecule has 5 heteroatoms. The van der Waals surface area contributed by atoms with E-state index in [1.54, 1.807) is 0 Å². The zero-order chi connectivity index (χ0) is 11.0. The van der Waals surface area contributed by atoms with Crippen molar-refractivity contribution in [1.29, 1.82) is 0 Å². The molecule has 0 saturated heterocycles. The molecule has 76 valence electrons. The summed E-state index contributed by atoms with van der Waals surface area (Å²) in [5.41, 5.74) is 0.592. The van der Waals surface area contributed by atoms with Gasteiger partial charge in [-0.3, -0.25) is 0 Å². The predicted molar refractivity (Wildman–Crippen MR) is 56.1 cm³/mol. The maximum Gasteiger partial charge on any atom is 0.338 e. The molecule has 1 heterocycles. The number of nitrogens with one attached hydrogen (secondary N) is 1. The first kappa shape index (κ1) is 9.79. The summed E-state index contributed by atoms with van der Waals surface area (Å²) in [7, 11) is 0. The molecule has 0 aliphatic rings. The third-order valence-corrected chi connectivity index (χ3v) is 2.36. The maximum absolute atomic E-state index is 12.9. The Balaban J connectivity index is 2.83. The highest BCUT2D eigenvalue weighted by molar-refractivity contribution is 7.71. The average Bonchev–Trinajstić information content (AvgIpc) is 2.17. The molecule has 15 heavy (non-hydrogen) atoms. The molecule has 0 bridgehead atoms. The highest BCUT2D eigenvalue weighted by Gasteiger charge is 2.07. The number of aromatic carboxylic acids is 1. The number of carboxylic acids is 1. The van der Waals surface area contributed by atoms with Crippen molar-refractivity contribution in [2.75, 3.05) is 0 Å². The Morgan fingerprint density at radius 1 is 1.40 bits per heavy atom. The van der Waals surface area contributed by atoms with E-state index in [0.29, 0.717) is 10.9 Å².